The van der Waals surface area contributed by atoms with Gasteiger partial charge in [0.1, 0.15) is 5.72 Å². The lowest BCUT2D eigenvalue weighted by atomic mass is 10.3. The van der Waals surface area contributed by atoms with E-state index in [1.807, 2.05) is 0 Å². The lowest BCUT2D eigenvalue weighted by Crippen LogP contribution is -2.13. The van der Waals surface area contributed by atoms with E-state index in [0.29, 0.717) is 0 Å². The second-order valence-electron chi connectivity index (χ2n) is 1.88. The highest BCUT2D eigenvalue weighted by molar-refractivity contribution is 5.53. The lowest BCUT2D eigenvalue weighted by Gasteiger charge is -2.07. The molecule has 2 heteroatoms. The Morgan fingerprint density at radius 2 is 2.00 bits per heavy atom. The fourth-order valence-electron chi connectivity index (χ4n) is 0.316. The summed E-state index contributed by atoms with van der Waals surface area (Å²) < 4.78 is 0. The predicted octanol–water partition coefficient (Wildman–Crippen LogP) is 0.805. The highest BCUT2D eigenvalue weighted by Crippen LogP contribution is 1.99. The van der Waals surface area contributed by atoms with Crippen LogP contribution in [0.1, 0.15) is 20.8 Å². The van der Waals surface area contributed by atoms with Gasteiger partial charge >= 0.3 is 0 Å². The first kappa shape index (κ1) is 6.63. The van der Waals surface area contributed by atoms with E-state index in [4.69, 9.17) is 5.11 Å². The summed E-state index contributed by atoms with van der Waals surface area (Å²) >= 11 is 0. The molecule has 0 amide bonds. The Balaban J connectivity index is 3.56. The number of rotatable bonds is 1. The zero-order valence-corrected chi connectivity index (χ0v) is 4.97. The number of hydrogen-bond acceptors (Lipinski definition) is 2. The van der Waals surface area contributed by atoms with E-state index in [-0.39, 0.29) is 0 Å². The smallest absolute Gasteiger partial charge is 0.149 e. The molecule has 0 heterocycles. The maximum atomic E-state index is 8.82. The van der Waals surface area contributed by atoms with Gasteiger partial charge in [0.2, 0.25) is 0 Å². The number of nitrogens with zero attached hydrogens (tertiary/aromatic N) is 1. The molecule has 42 valence electrons. The van der Waals surface area contributed by atoms with Crippen LogP contribution in [0.15, 0.2) is 4.99 Å². The summed E-state index contributed by atoms with van der Waals surface area (Å²) in [4.78, 5) is 3.69. The van der Waals surface area contributed by atoms with Gasteiger partial charge in [0, 0.05) is 0 Å². The second-order valence-corrected chi connectivity index (χ2v) is 1.88. The zero-order valence-electron chi connectivity index (χ0n) is 4.97. The van der Waals surface area contributed by atoms with Gasteiger partial charge in [-0.15, -0.1) is 0 Å². The van der Waals surface area contributed by atoms with Crippen LogP contribution >= 0.6 is 0 Å². The molecule has 0 aromatic heterocycles. The molecular weight excluding hydrogens is 90.1 g/mol. The van der Waals surface area contributed by atoms with Gasteiger partial charge in [-0.2, -0.15) is 0 Å². The van der Waals surface area contributed by atoms with Gasteiger partial charge in [-0.25, -0.2) is 0 Å². The molecule has 0 saturated carbocycles. The number of aliphatic imine (C=N–C) groups is 1. The standard InChI is InChI=1S/C5H11NO/c1-4-6-5(2,3)7/h4,7H,1-3H3. The summed E-state index contributed by atoms with van der Waals surface area (Å²) in [6, 6.07) is 0. The number of aliphatic hydroxyl groups is 1. The quantitative estimate of drug-likeness (QED) is 0.487. The molecule has 0 aromatic carbocycles. The first-order valence-corrected chi connectivity index (χ1v) is 2.28. The van der Waals surface area contributed by atoms with Gasteiger partial charge in [0.05, 0.1) is 0 Å². The molecule has 0 atom stereocenters. The van der Waals surface area contributed by atoms with Gasteiger partial charge in [-0.1, -0.05) is 0 Å². The molecular formula is C5H11NO. The monoisotopic (exact) mass is 101 g/mol. The molecule has 0 spiro atoms. The normalized spacial score (nSPS) is 13.1. The predicted molar refractivity (Wildman–Crippen MR) is 30.5 cm³/mol. The molecule has 0 bridgehead atoms. The topological polar surface area (TPSA) is 32.6 Å². The van der Waals surface area contributed by atoms with Crippen molar-refractivity contribution in [2.24, 2.45) is 4.99 Å². The van der Waals surface area contributed by atoms with E-state index in [1.165, 1.54) is 0 Å². The minimum absolute atomic E-state index is 0.880. The fraction of sp³-hybridized carbons (Fsp3) is 0.800. The average molecular weight is 101 g/mol. The Hall–Kier alpha value is -0.370. The van der Waals surface area contributed by atoms with Crippen molar-refractivity contribution in [1.82, 2.24) is 0 Å². The molecule has 0 radical (unpaired) electrons. The van der Waals surface area contributed by atoms with Crippen molar-refractivity contribution >= 4 is 6.21 Å². The van der Waals surface area contributed by atoms with Crippen molar-refractivity contribution in [2.75, 3.05) is 0 Å². The fourth-order valence-corrected chi connectivity index (χ4v) is 0.316. The van der Waals surface area contributed by atoms with Crippen LogP contribution in [-0.4, -0.2) is 17.0 Å². The van der Waals surface area contributed by atoms with Crippen molar-refractivity contribution in [3.63, 3.8) is 0 Å². The Morgan fingerprint density at radius 1 is 1.57 bits per heavy atom. The van der Waals surface area contributed by atoms with Crippen molar-refractivity contribution in [1.29, 1.82) is 0 Å². The van der Waals surface area contributed by atoms with Crippen LogP contribution < -0.4 is 0 Å². The van der Waals surface area contributed by atoms with E-state index in [9.17, 15) is 0 Å². The van der Waals surface area contributed by atoms with Crippen LogP contribution in [0.25, 0.3) is 0 Å². The highest BCUT2D eigenvalue weighted by Gasteiger charge is 2.04. The van der Waals surface area contributed by atoms with Crippen LogP contribution in [0, 0.1) is 0 Å². The minimum atomic E-state index is -0.880. The molecule has 0 saturated heterocycles. The summed E-state index contributed by atoms with van der Waals surface area (Å²) in [7, 11) is 0. The highest BCUT2D eigenvalue weighted by atomic mass is 16.3. The molecule has 2 nitrogen and oxygen atoms in total. The Labute approximate surface area is 43.9 Å². The van der Waals surface area contributed by atoms with Gasteiger partial charge in [-0.3, -0.25) is 4.99 Å². The molecule has 0 rings (SSSR count). The summed E-state index contributed by atoms with van der Waals surface area (Å²) in [6.07, 6.45) is 1.58. The average Bonchev–Trinajstić information content (AvgIpc) is 1.30. The molecule has 0 fully saturated rings. The summed E-state index contributed by atoms with van der Waals surface area (Å²) in [5.74, 6) is 0. The first-order chi connectivity index (χ1) is 3.06. The van der Waals surface area contributed by atoms with Crippen LogP contribution in [0.4, 0.5) is 0 Å². The molecule has 0 aliphatic carbocycles. The zero-order chi connectivity index (χ0) is 5.91. The third kappa shape index (κ3) is 5.63. The number of hydrogen-bond donors (Lipinski definition) is 1. The summed E-state index contributed by atoms with van der Waals surface area (Å²) in [6.45, 7) is 5.04. The van der Waals surface area contributed by atoms with E-state index in [2.05, 4.69) is 4.99 Å². The van der Waals surface area contributed by atoms with Crippen LogP contribution in [0.2, 0.25) is 0 Å². The second kappa shape index (κ2) is 2.07. The maximum absolute atomic E-state index is 8.82. The van der Waals surface area contributed by atoms with Crippen LogP contribution in [0.5, 0.6) is 0 Å². The molecule has 0 aromatic rings. The van der Waals surface area contributed by atoms with Crippen LogP contribution in [-0.2, 0) is 0 Å². The Morgan fingerprint density at radius 3 is 2.00 bits per heavy atom. The lowest BCUT2D eigenvalue weighted by molar-refractivity contribution is 0.0914. The van der Waals surface area contributed by atoms with E-state index < -0.39 is 5.72 Å². The third-order valence-electron chi connectivity index (χ3n) is 0.445. The molecule has 0 aliphatic heterocycles. The van der Waals surface area contributed by atoms with Crippen LogP contribution in [0.3, 0.4) is 0 Å². The summed E-state index contributed by atoms with van der Waals surface area (Å²) in [5, 5.41) is 8.82. The largest absolute Gasteiger partial charge is 0.370 e. The first-order valence-electron chi connectivity index (χ1n) is 2.28. The van der Waals surface area contributed by atoms with Crippen molar-refractivity contribution < 1.29 is 5.11 Å². The van der Waals surface area contributed by atoms with E-state index >= 15 is 0 Å². The summed E-state index contributed by atoms with van der Waals surface area (Å²) in [5.41, 5.74) is -0.880. The molecule has 0 unspecified atom stereocenters. The third-order valence-corrected chi connectivity index (χ3v) is 0.445. The SMILES string of the molecule is CC=NC(C)(C)O. The Kier molecular flexibility index (Phi) is 1.96. The van der Waals surface area contributed by atoms with Crippen molar-refractivity contribution in [3.05, 3.63) is 0 Å². The van der Waals surface area contributed by atoms with Crippen molar-refractivity contribution in [2.45, 2.75) is 26.5 Å². The molecule has 0 aliphatic rings. The minimum Gasteiger partial charge on any atom is -0.370 e. The van der Waals surface area contributed by atoms with Crippen molar-refractivity contribution in [3.8, 4) is 0 Å². The van der Waals surface area contributed by atoms with E-state index in [0.717, 1.165) is 0 Å². The maximum Gasteiger partial charge on any atom is 0.149 e. The van der Waals surface area contributed by atoms with E-state index in [1.54, 1.807) is 27.0 Å². The van der Waals surface area contributed by atoms with Gasteiger partial charge in [0.25, 0.3) is 0 Å². The molecule has 7 heavy (non-hydrogen) atoms. The molecule has 1 N–H and O–H groups in total. The van der Waals surface area contributed by atoms with Gasteiger partial charge < -0.3 is 5.11 Å². The Bertz CT molecular complexity index is 70.6. The van der Waals surface area contributed by atoms with Gasteiger partial charge in [0.15, 0.2) is 0 Å². The van der Waals surface area contributed by atoms with Gasteiger partial charge in [-0.05, 0) is 27.0 Å².